The van der Waals surface area contributed by atoms with Gasteiger partial charge in [0.05, 0.1) is 31.4 Å². The Morgan fingerprint density at radius 1 is 1.15 bits per heavy atom. The highest BCUT2D eigenvalue weighted by molar-refractivity contribution is 7.92. The lowest BCUT2D eigenvalue weighted by atomic mass is 10.2. The molecule has 182 valence electrons. The molecule has 1 saturated heterocycles. The van der Waals surface area contributed by atoms with Crippen LogP contribution in [-0.4, -0.2) is 77.1 Å². The normalized spacial score (nSPS) is 14.1. The zero-order valence-corrected chi connectivity index (χ0v) is 20.1. The number of carbonyl (C=O) groups excluding carboxylic acids is 2. The van der Waals surface area contributed by atoms with Crippen molar-refractivity contribution in [2.24, 2.45) is 5.10 Å². The fourth-order valence-electron chi connectivity index (χ4n) is 3.05. The van der Waals surface area contributed by atoms with E-state index in [2.05, 4.69) is 10.5 Å². The molecule has 3 rings (SSSR count). The average molecular weight is 509 g/mol. The van der Waals surface area contributed by atoms with E-state index >= 15 is 0 Å². The Morgan fingerprint density at radius 2 is 1.79 bits per heavy atom. The smallest absolute Gasteiger partial charge is 0.260 e. The molecule has 10 nitrogen and oxygen atoms in total. The second-order valence-corrected chi connectivity index (χ2v) is 9.73. The molecule has 1 aliphatic heterocycles. The highest BCUT2D eigenvalue weighted by atomic mass is 35.5. The Labute approximate surface area is 203 Å². The molecule has 0 radical (unpaired) electrons. The number of benzene rings is 2. The number of carbonyl (C=O) groups is 2. The van der Waals surface area contributed by atoms with Gasteiger partial charge in [-0.15, -0.1) is 0 Å². The molecule has 1 aliphatic rings. The largest absolute Gasteiger partial charge is 0.484 e. The predicted molar refractivity (Wildman–Crippen MR) is 129 cm³/mol. The Morgan fingerprint density at radius 3 is 2.41 bits per heavy atom. The fourth-order valence-corrected chi connectivity index (χ4v) is 4.03. The van der Waals surface area contributed by atoms with E-state index in [4.69, 9.17) is 21.1 Å². The van der Waals surface area contributed by atoms with Crippen molar-refractivity contribution in [1.29, 1.82) is 0 Å². The summed E-state index contributed by atoms with van der Waals surface area (Å²) in [7, 11) is -3.70. The van der Waals surface area contributed by atoms with Crippen molar-refractivity contribution in [3.63, 3.8) is 0 Å². The average Bonchev–Trinajstić information content (AvgIpc) is 2.82. The van der Waals surface area contributed by atoms with E-state index < -0.39 is 22.5 Å². The lowest BCUT2D eigenvalue weighted by Crippen LogP contribution is -2.42. The predicted octanol–water partition coefficient (Wildman–Crippen LogP) is 1.49. The van der Waals surface area contributed by atoms with E-state index in [-0.39, 0.29) is 12.5 Å². The number of morpholine rings is 1. The summed E-state index contributed by atoms with van der Waals surface area (Å²) in [6.07, 6.45) is 2.42. The van der Waals surface area contributed by atoms with Crippen molar-refractivity contribution in [2.75, 3.05) is 50.0 Å². The van der Waals surface area contributed by atoms with E-state index in [9.17, 15) is 18.0 Å². The first-order valence-corrected chi connectivity index (χ1v) is 12.6. The SMILES string of the molecule is CS(=O)(=O)N(CC(=O)N/N=C\c1ccc(OCC(=O)N2CCOCC2)cc1)c1ccc(Cl)cc1. The van der Waals surface area contributed by atoms with Crippen LogP contribution in [0.3, 0.4) is 0 Å². The van der Waals surface area contributed by atoms with Crippen LogP contribution in [0.2, 0.25) is 5.02 Å². The van der Waals surface area contributed by atoms with Gasteiger partial charge >= 0.3 is 0 Å². The van der Waals surface area contributed by atoms with Crippen LogP contribution in [0, 0.1) is 0 Å². The molecule has 12 heteroatoms. The number of nitrogens with one attached hydrogen (secondary N) is 1. The molecule has 2 amide bonds. The summed E-state index contributed by atoms with van der Waals surface area (Å²) in [5.74, 6) is -0.189. The summed E-state index contributed by atoms with van der Waals surface area (Å²) in [5, 5.41) is 4.32. The Balaban J connectivity index is 1.49. The number of rotatable bonds is 9. The molecule has 34 heavy (non-hydrogen) atoms. The van der Waals surface area contributed by atoms with Gasteiger partial charge in [0.2, 0.25) is 10.0 Å². The van der Waals surface area contributed by atoms with Gasteiger partial charge in [-0.3, -0.25) is 13.9 Å². The van der Waals surface area contributed by atoms with Gasteiger partial charge in [0, 0.05) is 18.1 Å². The summed E-state index contributed by atoms with van der Waals surface area (Å²) in [4.78, 5) is 26.1. The van der Waals surface area contributed by atoms with Crippen molar-refractivity contribution in [3.05, 3.63) is 59.1 Å². The van der Waals surface area contributed by atoms with Crippen LogP contribution in [0.4, 0.5) is 5.69 Å². The second-order valence-electron chi connectivity index (χ2n) is 7.39. The number of amides is 2. The van der Waals surface area contributed by atoms with Crippen molar-refractivity contribution in [3.8, 4) is 5.75 Å². The number of hydrazone groups is 1. The molecule has 1 N–H and O–H groups in total. The van der Waals surface area contributed by atoms with Gasteiger partial charge in [0.25, 0.3) is 11.8 Å². The van der Waals surface area contributed by atoms with E-state index in [1.165, 1.54) is 30.5 Å². The molecule has 0 spiro atoms. The zero-order valence-electron chi connectivity index (χ0n) is 18.5. The topological polar surface area (TPSA) is 118 Å². The summed E-state index contributed by atoms with van der Waals surface area (Å²) < 4.78 is 35.9. The Kier molecular flexibility index (Phi) is 8.85. The summed E-state index contributed by atoms with van der Waals surface area (Å²) >= 11 is 5.84. The van der Waals surface area contributed by atoms with E-state index in [0.29, 0.717) is 48.3 Å². The van der Waals surface area contributed by atoms with Crippen molar-refractivity contribution >= 4 is 45.3 Å². The number of ether oxygens (including phenoxy) is 2. The Hall–Kier alpha value is -3.15. The fraction of sp³-hybridized carbons (Fsp3) is 0.318. The molecular formula is C22H25ClN4O6S. The standard InChI is InChI=1S/C22H25ClN4O6S/c1-34(30,31)27(19-6-4-18(23)5-7-19)15-21(28)25-24-14-17-2-8-20(9-3-17)33-16-22(29)26-10-12-32-13-11-26/h2-9,14H,10-13,15-16H2,1H3,(H,25,28)/b24-14-. The Bertz CT molecular complexity index is 1120. The van der Waals surface area contributed by atoms with Gasteiger partial charge in [0.1, 0.15) is 12.3 Å². The van der Waals surface area contributed by atoms with Crippen LogP contribution < -0.4 is 14.5 Å². The highest BCUT2D eigenvalue weighted by Crippen LogP contribution is 2.20. The quantitative estimate of drug-likeness (QED) is 0.405. The van der Waals surface area contributed by atoms with Gasteiger partial charge in [-0.05, 0) is 54.1 Å². The minimum absolute atomic E-state index is 0.0616. The molecule has 1 fully saturated rings. The van der Waals surface area contributed by atoms with E-state index in [1.54, 1.807) is 29.2 Å². The summed E-state index contributed by atoms with van der Waals surface area (Å²) in [6.45, 7) is 1.68. The van der Waals surface area contributed by atoms with Gasteiger partial charge in [-0.1, -0.05) is 11.6 Å². The molecule has 0 atom stereocenters. The zero-order chi connectivity index (χ0) is 24.6. The first-order chi connectivity index (χ1) is 16.2. The molecule has 0 aliphatic carbocycles. The maximum absolute atomic E-state index is 12.2. The number of nitrogens with zero attached hydrogens (tertiary/aromatic N) is 3. The third-order valence-corrected chi connectivity index (χ3v) is 6.20. The lowest BCUT2D eigenvalue weighted by Gasteiger charge is -2.26. The molecule has 2 aromatic carbocycles. The summed E-state index contributed by atoms with van der Waals surface area (Å²) in [6, 6.07) is 12.9. The molecule has 1 heterocycles. The third kappa shape index (κ3) is 7.72. The van der Waals surface area contributed by atoms with Crippen molar-refractivity contribution in [2.45, 2.75) is 0 Å². The monoisotopic (exact) mass is 508 g/mol. The molecule has 0 bridgehead atoms. The molecule has 0 aromatic heterocycles. The number of hydrogen-bond acceptors (Lipinski definition) is 7. The molecule has 0 saturated carbocycles. The first kappa shape index (κ1) is 25.5. The molecule has 0 unspecified atom stereocenters. The molecule has 2 aromatic rings. The van der Waals surface area contributed by atoms with Crippen LogP contribution in [0.15, 0.2) is 53.6 Å². The lowest BCUT2D eigenvalue weighted by molar-refractivity contribution is -0.137. The van der Waals surface area contributed by atoms with Crippen LogP contribution in [0.5, 0.6) is 5.75 Å². The number of anilines is 1. The number of sulfonamides is 1. The minimum Gasteiger partial charge on any atom is -0.484 e. The van der Waals surface area contributed by atoms with Crippen LogP contribution in [0.1, 0.15) is 5.56 Å². The minimum atomic E-state index is -3.70. The van der Waals surface area contributed by atoms with E-state index in [0.717, 1.165) is 10.6 Å². The second kappa shape index (κ2) is 11.8. The van der Waals surface area contributed by atoms with Gasteiger partial charge in [-0.2, -0.15) is 5.10 Å². The third-order valence-electron chi connectivity index (χ3n) is 4.81. The summed E-state index contributed by atoms with van der Waals surface area (Å²) in [5.41, 5.74) is 3.30. The highest BCUT2D eigenvalue weighted by Gasteiger charge is 2.20. The maximum Gasteiger partial charge on any atom is 0.260 e. The van der Waals surface area contributed by atoms with E-state index in [1.807, 2.05) is 0 Å². The van der Waals surface area contributed by atoms with Crippen LogP contribution in [0.25, 0.3) is 0 Å². The number of hydrogen-bond donors (Lipinski definition) is 1. The van der Waals surface area contributed by atoms with Gasteiger partial charge in [-0.25, -0.2) is 13.8 Å². The van der Waals surface area contributed by atoms with Crippen LogP contribution in [-0.2, 0) is 24.3 Å². The first-order valence-electron chi connectivity index (χ1n) is 10.4. The van der Waals surface area contributed by atoms with Gasteiger partial charge in [0.15, 0.2) is 6.61 Å². The molecular weight excluding hydrogens is 484 g/mol. The maximum atomic E-state index is 12.2. The number of halogens is 1. The van der Waals surface area contributed by atoms with Crippen molar-refractivity contribution < 1.29 is 27.5 Å². The van der Waals surface area contributed by atoms with Crippen molar-refractivity contribution in [1.82, 2.24) is 10.3 Å². The van der Waals surface area contributed by atoms with Crippen LogP contribution >= 0.6 is 11.6 Å². The van der Waals surface area contributed by atoms with Gasteiger partial charge < -0.3 is 14.4 Å².